The smallest absolute Gasteiger partial charge is 0.0173 e. The zero-order valence-corrected chi connectivity index (χ0v) is 12.8. The molecule has 1 aliphatic heterocycles. The first-order chi connectivity index (χ1) is 8.88. The molecular formula is C16H20IN. The summed E-state index contributed by atoms with van der Waals surface area (Å²) in [5.74, 6) is 0.885. The molecule has 18 heavy (non-hydrogen) atoms. The molecule has 0 unspecified atom stereocenters. The predicted molar refractivity (Wildman–Crippen MR) is 85.1 cm³/mol. The van der Waals surface area contributed by atoms with Crippen molar-refractivity contribution >= 4 is 22.6 Å². The van der Waals surface area contributed by atoms with Gasteiger partial charge in [-0.1, -0.05) is 52.9 Å². The molecule has 0 aromatic heterocycles. The van der Waals surface area contributed by atoms with Crippen LogP contribution in [0.25, 0.3) is 0 Å². The van der Waals surface area contributed by atoms with Crippen LogP contribution in [0.3, 0.4) is 0 Å². The first kappa shape index (κ1) is 12.7. The van der Waals surface area contributed by atoms with Gasteiger partial charge in [0, 0.05) is 12.6 Å². The molecule has 0 N–H and O–H groups in total. The standard InChI is InChI=1S/C16H20IN/c17-8-4-10-18-9-3-7-15-11-13-5-1-2-6-14(13)12-16(15)18/h1-2,4-6,8,15-16H,3,7,9-12H2/b8-4+/t15-,16-/m0/s1. The van der Waals surface area contributed by atoms with E-state index in [0.717, 1.165) is 18.5 Å². The Morgan fingerprint density at radius 1 is 1.22 bits per heavy atom. The molecule has 96 valence electrons. The zero-order valence-electron chi connectivity index (χ0n) is 10.7. The Hall–Kier alpha value is -0.350. The number of nitrogens with zero attached hydrogens (tertiary/aromatic N) is 1. The molecule has 2 atom stereocenters. The van der Waals surface area contributed by atoms with Gasteiger partial charge in [-0.3, -0.25) is 4.90 Å². The van der Waals surface area contributed by atoms with Crippen molar-refractivity contribution in [3.05, 3.63) is 45.6 Å². The molecule has 0 spiro atoms. The zero-order chi connectivity index (χ0) is 12.4. The maximum absolute atomic E-state index is 2.69. The third-order valence-corrected chi connectivity index (χ3v) is 5.00. The van der Waals surface area contributed by atoms with Gasteiger partial charge in [0.05, 0.1) is 0 Å². The minimum absolute atomic E-state index is 0.779. The van der Waals surface area contributed by atoms with Gasteiger partial charge in [-0.05, 0) is 53.4 Å². The molecule has 0 amide bonds. The van der Waals surface area contributed by atoms with Gasteiger partial charge in [0.2, 0.25) is 0 Å². The Labute approximate surface area is 123 Å². The molecule has 2 heteroatoms. The van der Waals surface area contributed by atoms with Gasteiger partial charge >= 0.3 is 0 Å². The summed E-state index contributed by atoms with van der Waals surface area (Å²) in [6.07, 6.45) is 7.65. The Morgan fingerprint density at radius 3 is 2.78 bits per heavy atom. The van der Waals surface area contributed by atoms with E-state index in [-0.39, 0.29) is 0 Å². The third kappa shape index (κ3) is 2.50. The number of likely N-dealkylation sites (tertiary alicyclic amines) is 1. The average Bonchev–Trinajstić information content (AvgIpc) is 2.43. The van der Waals surface area contributed by atoms with Crippen molar-refractivity contribution in [3.8, 4) is 0 Å². The van der Waals surface area contributed by atoms with Gasteiger partial charge in [0.15, 0.2) is 0 Å². The largest absolute Gasteiger partial charge is 0.296 e. The van der Waals surface area contributed by atoms with Crippen LogP contribution in [-0.2, 0) is 12.8 Å². The van der Waals surface area contributed by atoms with Gasteiger partial charge in [-0.15, -0.1) is 0 Å². The normalized spacial score (nSPS) is 28.1. The SMILES string of the molecule is I/C=C/CN1CCC[C@H]2Cc3ccccc3C[C@@H]21. The molecule has 1 aliphatic carbocycles. The number of benzene rings is 1. The van der Waals surface area contributed by atoms with Crippen molar-refractivity contribution in [2.24, 2.45) is 5.92 Å². The highest BCUT2D eigenvalue weighted by Crippen LogP contribution is 2.34. The maximum atomic E-state index is 2.69. The van der Waals surface area contributed by atoms with Crippen molar-refractivity contribution in [1.29, 1.82) is 0 Å². The number of piperidine rings is 1. The minimum atomic E-state index is 0.779. The molecule has 1 heterocycles. The summed E-state index contributed by atoms with van der Waals surface area (Å²) in [7, 11) is 0. The fourth-order valence-corrected chi connectivity index (χ4v) is 3.84. The van der Waals surface area contributed by atoms with E-state index in [9.17, 15) is 0 Å². The number of rotatable bonds is 2. The summed E-state index contributed by atoms with van der Waals surface area (Å²) in [5.41, 5.74) is 3.19. The van der Waals surface area contributed by atoms with Crippen molar-refractivity contribution in [3.63, 3.8) is 0 Å². The van der Waals surface area contributed by atoms with Gasteiger partial charge in [0.1, 0.15) is 0 Å². The summed E-state index contributed by atoms with van der Waals surface area (Å²) < 4.78 is 2.15. The average molecular weight is 353 g/mol. The number of halogens is 1. The molecule has 0 saturated carbocycles. The second-order valence-corrected chi connectivity index (χ2v) is 6.22. The van der Waals surface area contributed by atoms with Crippen LogP contribution in [0.15, 0.2) is 34.4 Å². The number of hydrogen-bond donors (Lipinski definition) is 0. The van der Waals surface area contributed by atoms with Crippen LogP contribution in [0.2, 0.25) is 0 Å². The van der Waals surface area contributed by atoms with E-state index in [0.29, 0.717) is 0 Å². The van der Waals surface area contributed by atoms with Gasteiger partial charge in [-0.25, -0.2) is 0 Å². The Bertz CT molecular complexity index is 440. The summed E-state index contributed by atoms with van der Waals surface area (Å²) in [4.78, 5) is 2.69. The van der Waals surface area contributed by atoms with Crippen LogP contribution in [0, 0.1) is 5.92 Å². The lowest BCUT2D eigenvalue weighted by atomic mass is 9.75. The molecule has 2 aliphatic rings. The molecule has 3 rings (SSSR count). The van der Waals surface area contributed by atoms with Crippen molar-refractivity contribution in [2.75, 3.05) is 13.1 Å². The monoisotopic (exact) mass is 353 g/mol. The van der Waals surface area contributed by atoms with Crippen LogP contribution in [0.5, 0.6) is 0 Å². The van der Waals surface area contributed by atoms with E-state index in [1.807, 2.05) is 0 Å². The van der Waals surface area contributed by atoms with Crippen molar-refractivity contribution in [1.82, 2.24) is 4.90 Å². The first-order valence-corrected chi connectivity index (χ1v) is 8.19. The molecule has 1 saturated heterocycles. The van der Waals surface area contributed by atoms with Crippen molar-refractivity contribution in [2.45, 2.75) is 31.7 Å². The highest BCUT2D eigenvalue weighted by atomic mass is 127. The van der Waals surface area contributed by atoms with Gasteiger partial charge in [-0.2, -0.15) is 0 Å². The molecular weight excluding hydrogens is 333 g/mol. The minimum Gasteiger partial charge on any atom is -0.296 e. The Balaban J connectivity index is 1.81. The third-order valence-electron chi connectivity index (χ3n) is 4.49. The Morgan fingerprint density at radius 2 is 2.00 bits per heavy atom. The quantitative estimate of drug-likeness (QED) is 0.731. The Kier molecular flexibility index (Phi) is 4.04. The van der Waals surface area contributed by atoms with E-state index in [2.05, 4.69) is 61.9 Å². The van der Waals surface area contributed by atoms with E-state index in [1.54, 1.807) is 11.1 Å². The van der Waals surface area contributed by atoms with Crippen LogP contribution in [0.4, 0.5) is 0 Å². The lowest BCUT2D eigenvalue weighted by Crippen LogP contribution is -2.49. The van der Waals surface area contributed by atoms with E-state index >= 15 is 0 Å². The van der Waals surface area contributed by atoms with E-state index in [1.165, 1.54) is 32.2 Å². The van der Waals surface area contributed by atoms with Crippen LogP contribution >= 0.6 is 22.6 Å². The second kappa shape index (κ2) is 5.74. The molecule has 0 bridgehead atoms. The highest BCUT2D eigenvalue weighted by Gasteiger charge is 2.34. The van der Waals surface area contributed by atoms with Crippen molar-refractivity contribution < 1.29 is 0 Å². The predicted octanol–water partition coefficient (Wildman–Crippen LogP) is 3.81. The van der Waals surface area contributed by atoms with E-state index in [4.69, 9.17) is 0 Å². The number of hydrogen-bond acceptors (Lipinski definition) is 1. The fraction of sp³-hybridized carbons (Fsp3) is 0.500. The topological polar surface area (TPSA) is 3.24 Å². The summed E-state index contributed by atoms with van der Waals surface area (Å²) in [6, 6.07) is 9.82. The molecule has 1 aromatic carbocycles. The van der Waals surface area contributed by atoms with Gasteiger partial charge < -0.3 is 0 Å². The summed E-state index contributed by atoms with van der Waals surface area (Å²) in [5, 5.41) is 0. The van der Waals surface area contributed by atoms with Crippen LogP contribution in [0.1, 0.15) is 24.0 Å². The van der Waals surface area contributed by atoms with Gasteiger partial charge in [0.25, 0.3) is 0 Å². The van der Waals surface area contributed by atoms with E-state index < -0.39 is 0 Å². The molecule has 1 fully saturated rings. The summed E-state index contributed by atoms with van der Waals surface area (Å²) >= 11 is 2.32. The molecule has 1 nitrogen and oxygen atoms in total. The lowest BCUT2D eigenvalue weighted by molar-refractivity contribution is 0.0973. The second-order valence-electron chi connectivity index (χ2n) is 5.50. The number of fused-ring (bicyclic) bond motifs is 2. The highest BCUT2D eigenvalue weighted by molar-refractivity contribution is 14.1. The summed E-state index contributed by atoms with van der Waals surface area (Å²) in [6.45, 7) is 2.41. The molecule has 1 aromatic rings. The van der Waals surface area contributed by atoms with Crippen LogP contribution < -0.4 is 0 Å². The fourth-order valence-electron chi connectivity index (χ4n) is 3.61. The first-order valence-electron chi connectivity index (χ1n) is 6.94. The lowest BCUT2D eigenvalue weighted by Gasteiger charge is -2.44. The van der Waals surface area contributed by atoms with Crippen LogP contribution in [-0.4, -0.2) is 24.0 Å². The maximum Gasteiger partial charge on any atom is 0.0173 e. The molecule has 0 radical (unpaired) electrons.